The van der Waals surface area contributed by atoms with Crippen LogP contribution in [0.4, 0.5) is 0 Å². The molecule has 0 radical (unpaired) electrons. The van der Waals surface area contributed by atoms with E-state index in [-0.39, 0.29) is 11.8 Å². The predicted octanol–water partition coefficient (Wildman–Crippen LogP) is 2.47. The van der Waals surface area contributed by atoms with Crippen molar-refractivity contribution in [3.8, 4) is 0 Å². The lowest BCUT2D eigenvalue weighted by molar-refractivity contribution is -0.125. The van der Waals surface area contributed by atoms with Gasteiger partial charge in [0.15, 0.2) is 5.82 Å². The first-order chi connectivity index (χ1) is 11.5. The topological polar surface area (TPSA) is 71.1 Å². The van der Waals surface area contributed by atoms with Gasteiger partial charge in [-0.1, -0.05) is 13.8 Å². The van der Waals surface area contributed by atoms with Gasteiger partial charge < -0.3 is 9.64 Å². The maximum atomic E-state index is 12.6. The Morgan fingerprint density at radius 1 is 1.42 bits per heavy atom. The Morgan fingerprint density at radius 3 is 2.75 bits per heavy atom. The van der Waals surface area contributed by atoms with Crippen LogP contribution in [0.3, 0.4) is 0 Å². The molecule has 2 heterocycles. The van der Waals surface area contributed by atoms with Crippen LogP contribution >= 0.6 is 0 Å². The maximum Gasteiger partial charge on any atom is 0.246 e. The molecule has 2 aliphatic rings. The van der Waals surface area contributed by atoms with Crippen LogP contribution in [0.2, 0.25) is 0 Å². The van der Waals surface area contributed by atoms with Gasteiger partial charge in [-0.2, -0.15) is 5.10 Å². The molecule has 0 spiro atoms. The number of nitrogens with zero attached hydrogens (tertiary/aromatic N) is 3. The first kappa shape index (κ1) is 17.1. The second-order valence-corrected chi connectivity index (χ2v) is 7.51. The summed E-state index contributed by atoms with van der Waals surface area (Å²) >= 11 is 0. The van der Waals surface area contributed by atoms with Gasteiger partial charge >= 0.3 is 0 Å². The van der Waals surface area contributed by atoms with Crippen LogP contribution in [-0.2, 0) is 9.53 Å². The predicted molar refractivity (Wildman–Crippen MR) is 91.6 cm³/mol. The second kappa shape index (κ2) is 7.05. The monoisotopic (exact) mass is 332 g/mol. The van der Waals surface area contributed by atoms with Crippen LogP contribution < -0.4 is 0 Å². The van der Waals surface area contributed by atoms with E-state index < -0.39 is 0 Å². The molecule has 1 saturated carbocycles. The minimum Gasteiger partial charge on any atom is -0.380 e. The smallest absolute Gasteiger partial charge is 0.246 e. The Labute approximate surface area is 143 Å². The zero-order valence-corrected chi connectivity index (χ0v) is 15.1. The van der Waals surface area contributed by atoms with Gasteiger partial charge in [-0.25, -0.2) is 4.98 Å². The number of ether oxygens (including phenoxy) is 1. The zero-order chi connectivity index (χ0) is 17.3. The average molecular weight is 332 g/mol. The van der Waals surface area contributed by atoms with Crippen LogP contribution in [0.1, 0.15) is 57.1 Å². The van der Waals surface area contributed by atoms with Crippen molar-refractivity contribution in [1.82, 2.24) is 20.1 Å². The molecule has 132 valence electrons. The highest BCUT2D eigenvalue weighted by Gasteiger charge is 2.45. The molecule has 1 N–H and O–H groups in total. The standard InChI is InChI=1S/C18H28N4O2/c1-11(2)17-19-18(21-20-17)15-9-22(8-14(15)13-5-6-13)16(23)7-12(3)10-24-4/h7,11,13-15H,5-6,8-10H2,1-4H3,(H,19,20,21)/b12-7+/t14-,15+/m1/s1. The van der Waals surface area contributed by atoms with Gasteiger partial charge in [0.2, 0.25) is 5.91 Å². The Bertz CT molecular complexity index is 618. The van der Waals surface area contributed by atoms with E-state index in [1.54, 1.807) is 13.2 Å². The van der Waals surface area contributed by atoms with Crippen LogP contribution in [0.25, 0.3) is 0 Å². The summed E-state index contributed by atoms with van der Waals surface area (Å²) in [5.41, 5.74) is 0.954. The molecule has 6 heteroatoms. The van der Waals surface area contributed by atoms with E-state index >= 15 is 0 Å². The van der Waals surface area contributed by atoms with Gasteiger partial charge in [0.25, 0.3) is 0 Å². The summed E-state index contributed by atoms with van der Waals surface area (Å²) in [7, 11) is 1.65. The lowest BCUT2D eigenvalue weighted by Crippen LogP contribution is -2.27. The summed E-state index contributed by atoms with van der Waals surface area (Å²) < 4.78 is 5.09. The van der Waals surface area contributed by atoms with Crippen molar-refractivity contribution >= 4 is 5.91 Å². The van der Waals surface area contributed by atoms with E-state index in [9.17, 15) is 4.79 Å². The third kappa shape index (κ3) is 3.69. The first-order valence-electron chi connectivity index (χ1n) is 8.86. The van der Waals surface area contributed by atoms with E-state index in [1.165, 1.54) is 12.8 Å². The molecule has 0 bridgehead atoms. The van der Waals surface area contributed by atoms with Crippen molar-refractivity contribution in [2.45, 2.75) is 45.4 Å². The normalized spacial score (nSPS) is 24.9. The van der Waals surface area contributed by atoms with E-state index in [1.807, 2.05) is 11.8 Å². The Balaban J connectivity index is 1.74. The van der Waals surface area contributed by atoms with Gasteiger partial charge in [0.1, 0.15) is 5.82 Å². The third-order valence-corrected chi connectivity index (χ3v) is 5.03. The molecule has 1 aromatic heterocycles. The van der Waals surface area contributed by atoms with Crippen molar-refractivity contribution in [3.63, 3.8) is 0 Å². The number of amides is 1. The lowest BCUT2D eigenvalue weighted by Gasteiger charge is -2.14. The summed E-state index contributed by atoms with van der Waals surface area (Å²) in [5, 5.41) is 7.48. The number of rotatable bonds is 6. The number of methoxy groups -OCH3 is 1. The molecule has 24 heavy (non-hydrogen) atoms. The van der Waals surface area contributed by atoms with Crippen molar-refractivity contribution in [2.75, 3.05) is 26.8 Å². The SMILES string of the molecule is COC/C(C)=C/C(=O)N1C[C@H](c2nc(C(C)C)n[nH]2)[C@@H](C2CC2)C1. The number of hydrogen-bond acceptors (Lipinski definition) is 4. The zero-order valence-electron chi connectivity index (χ0n) is 15.1. The molecule has 1 aliphatic heterocycles. The maximum absolute atomic E-state index is 12.6. The molecule has 2 fully saturated rings. The third-order valence-electron chi connectivity index (χ3n) is 5.03. The van der Waals surface area contributed by atoms with Gasteiger partial charge in [-0.15, -0.1) is 0 Å². The first-order valence-corrected chi connectivity index (χ1v) is 8.86. The highest BCUT2D eigenvalue weighted by atomic mass is 16.5. The summed E-state index contributed by atoms with van der Waals surface area (Å²) in [5.74, 6) is 3.71. The quantitative estimate of drug-likeness (QED) is 0.812. The Morgan fingerprint density at radius 2 is 2.17 bits per heavy atom. The van der Waals surface area contributed by atoms with E-state index in [0.717, 1.165) is 36.2 Å². The number of hydrogen-bond donors (Lipinski definition) is 1. The van der Waals surface area contributed by atoms with Gasteiger partial charge in [0, 0.05) is 38.1 Å². The Kier molecular flexibility index (Phi) is 5.04. The highest BCUT2D eigenvalue weighted by molar-refractivity contribution is 5.88. The molecule has 0 aromatic carbocycles. The van der Waals surface area contributed by atoms with Crippen molar-refractivity contribution in [3.05, 3.63) is 23.3 Å². The number of carbonyl (C=O) groups is 1. The number of H-pyrrole nitrogens is 1. The van der Waals surface area contributed by atoms with Crippen LogP contribution in [0.15, 0.2) is 11.6 Å². The number of likely N-dealkylation sites (tertiary alicyclic amines) is 1. The fourth-order valence-corrected chi connectivity index (χ4v) is 3.58. The molecule has 1 amide bonds. The molecule has 3 rings (SSSR count). The molecule has 1 aliphatic carbocycles. The van der Waals surface area contributed by atoms with Gasteiger partial charge in [-0.3, -0.25) is 9.89 Å². The molecular weight excluding hydrogens is 304 g/mol. The summed E-state index contributed by atoms with van der Waals surface area (Å²) in [6.45, 7) is 8.16. The summed E-state index contributed by atoms with van der Waals surface area (Å²) in [6, 6.07) is 0. The molecule has 1 saturated heterocycles. The molecular formula is C18H28N4O2. The Hall–Kier alpha value is -1.69. The average Bonchev–Trinajstić information content (AvgIpc) is 3.09. The number of nitrogens with one attached hydrogen (secondary N) is 1. The highest BCUT2D eigenvalue weighted by Crippen LogP contribution is 2.47. The second-order valence-electron chi connectivity index (χ2n) is 7.51. The molecule has 1 aromatic rings. The summed E-state index contributed by atoms with van der Waals surface area (Å²) in [6.07, 6.45) is 4.25. The van der Waals surface area contributed by atoms with Crippen LogP contribution in [-0.4, -0.2) is 52.8 Å². The van der Waals surface area contributed by atoms with Crippen molar-refractivity contribution < 1.29 is 9.53 Å². The number of aromatic amines is 1. The van der Waals surface area contributed by atoms with Crippen molar-refractivity contribution in [2.24, 2.45) is 11.8 Å². The van der Waals surface area contributed by atoms with Gasteiger partial charge in [0.05, 0.1) is 6.61 Å². The van der Waals surface area contributed by atoms with E-state index in [2.05, 4.69) is 24.0 Å². The number of aromatic nitrogens is 3. The molecule has 2 atom stereocenters. The van der Waals surface area contributed by atoms with Gasteiger partial charge in [-0.05, 0) is 37.2 Å². The summed E-state index contributed by atoms with van der Waals surface area (Å²) in [4.78, 5) is 19.2. The minimum atomic E-state index is 0.0845. The lowest BCUT2D eigenvalue weighted by atomic mass is 9.91. The minimum absolute atomic E-state index is 0.0845. The fourth-order valence-electron chi connectivity index (χ4n) is 3.58. The van der Waals surface area contributed by atoms with E-state index in [0.29, 0.717) is 18.4 Å². The van der Waals surface area contributed by atoms with Crippen molar-refractivity contribution in [1.29, 1.82) is 0 Å². The molecule has 0 unspecified atom stereocenters. The largest absolute Gasteiger partial charge is 0.380 e. The van der Waals surface area contributed by atoms with Crippen LogP contribution in [0, 0.1) is 11.8 Å². The molecule has 6 nitrogen and oxygen atoms in total. The number of carbonyl (C=O) groups excluding carboxylic acids is 1. The van der Waals surface area contributed by atoms with Crippen LogP contribution in [0.5, 0.6) is 0 Å². The fraction of sp³-hybridized carbons (Fsp3) is 0.722. The van der Waals surface area contributed by atoms with E-state index in [4.69, 9.17) is 9.72 Å².